The van der Waals surface area contributed by atoms with Gasteiger partial charge in [-0.2, -0.15) is 5.10 Å². The molecule has 0 amide bonds. The van der Waals surface area contributed by atoms with E-state index in [-0.39, 0.29) is 5.56 Å². The van der Waals surface area contributed by atoms with E-state index in [9.17, 15) is 4.79 Å². The average Bonchev–Trinajstić information content (AvgIpc) is 2.81. The summed E-state index contributed by atoms with van der Waals surface area (Å²) in [7, 11) is 0. The maximum absolute atomic E-state index is 10.9. The van der Waals surface area contributed by atoms with Gasteiger partial charge in [0.25, 0.3) is 0 Å². The first kappa shape index (κ1) is 11.4. The van der Waals surface area contributed by atoms with Gasteiger partial charge in [0.05, 0.1) is 17.5 Å². The lowest BCUT2D eigenvalue weighted by Gasteiger charge is -1.97. The zero-order valence-corrected chi connectivity index (χ0v) is 10.2. The molecule has 0 aliphatic rings. The SMILES string of the molecule is Cc1ccc2cc(-c3cc(C(=O)O)cnn3)[nH]c2c1. The van der Waals surface area contributed by atoms with E-state index in [1.165, 1.54) is 12.3 Å². The molecule has 3 rings (SSSR count). The molecule has 0 unspecified atom stereocenters. The molecule has 0 spiro atoms. The van der Waals surface area contributed by atoms with E-state index in [0.717, 1.165) is 22.2 Å². The molecule has 5 heteroatoms. The Hall–Kier alpha value is -2.69. The van der Waals surface area contributed by atoms with Crippen LogP contribution in [0.25, 0.3) is 22.3 Å². The minimum absolute atomic E-state index is 0.125. The predicted octanol–water partition coefficient (Wildman–Crippen LogP) is 2.63. The molecule has 19 heavy (non-hydrogen) atoms. The van der Waals surface area contributed by atoms with E-state index in [1.807, 2.05) is 31.2 Å². The molecule has 0 saturated carbocycles. The van der Waals surface area contributed by atoms with Crippen LogP contribution in [-0.4, -0.2) is 26.3 Å². The highest BCUT2D eigenvalue weighted by molar-refractivity contribution is 5.90. The number of aromatic carboxylic acids is 1. The molecule has 1 aromatic carbocycles. The fraction of sp³-hybridized carbons (Fsp3) is 0.0714. The van der Waals surface area contributed by atoms with Gasteiger partial charge >= 0.3 is 5.97 Å². The van der Waals surface area contributed by atoms with E-state index in [0.29, 0.717) is 5.69 Å². The van der Waals surface area contributed by atoms with E-state index < -0.39 is 5.97 Å². The van der Waals surface area contributed by atoms with Gasteiger partial charge in [-0.05, 0) is 30.7 Å². The third kappa shape index (κ3) is 2.06. The summed E-state index contributed by atoms with van der Waals surface area (Å²) >= 11 is 0. The van der Waals surface area contributed by atoms with Crippen molar-refractivity contribution in [2.45, 2.75) is 6.92 Å². The first-order valence-electron chi connectivity index (χ1n) is 5.79. The number of fused-ring (bicyclic) bond motifs is 1. The predicted molar refractivity (Wildman–Crippen MR) is 71.0 cm³/mol. The summed E-state index contributed by atoms with van der Waals surface area (Å²) < 4.78 is 0. The molecule has 0 atom stereocenters. The third-order valence-corrected chi connectivity index (χ3v) is 2.96. The zero-order valence-electron chi connectivity index (χ0n) is 10.2. The Morgan fingerprint density at radius 1 is 1.26 bits per heavy atom. The van der Waals surface area contributed by atoms with Crippen molar-refractivity contribution in [2.24, 2.45) is 0 Å². The minimum atomic E-state index is -1.01. The molecule has 0 aliphatic heterocycles. The maximum atomic E-state index is 10.9. The van der Waals surface area contributed by atoms with Gasteiger partial charge in [0.1, 0.15) is 5.69 Å². The summed E-state index contributed by atoms with van der Waals surface area (Å²) in [5, 5.41) is 17.7. The Kier molecular flexibility index (Phi) is 2.52. The molecule has 0 fully saturated rings. The zero-order chi connectivity index (χ0) is 13.4. The second-order valence-corrected chi connectivity index (χ2v) is 4.41. The summed E-state index contributed by atoms with van der Waals surface area (Å²) in [5.41, 5.74) is 3.56. The van der Waals surface area contributed by atoms with E-state index in [2.05, 4.69) is 15.2 Å². The van der Waals surface area contributed by atoms with Crippen molar-refractivity contribution >= 4 is 16.9 Å². The van der Waals surface area contributed by atoms with Crippen molar-refractivity contribution in [3.8, 4) is 11.4 Å². The highest BCUT2D eigenvalue weighted by Gasteiger charge is 2.09. The number of aryl methyl sites for hydroxylation is 1. The van der Waals surface area contributed by atoms with Crippen LogP contribution >= 0.6 is 0 Å². The van der Waals surface area contributed by atoms with Gasteiger partial charge in [-0.15, -0.1) is 5.10 Å². The number of aromatic nitrogens is 3. The molecule has 0 aliphatic carbocycles. The van der Waals surface area contributed by atoms with Crippen LogP contribution in [0.2, 0.25) is 0 Å². The van der Waals surface area contributed by atoms with Crippen LogP contribution in [0.4, 0.5) is 0 Å². The lowest BCUT2D eigenvalue weighted by molar-refractivity contribution is 0.0696. The lowest BCUT2D eigenvalue weighted by atomic mass is 10.2. The second kappa shape index (κ2) is 4.20. The molecule has 94 valence electrons. The Morgan fingerprint density at radius 2 is 2.11 bits per heavy atom. The van der Waals surface area contributed by atoms with Gasteiger partial charge in [0, 0.05) is 10.9 Å². The maximum Gasteiger partial charge on any atom is 0.337 e. The number of hydrogen-bond donors (Lipinski definition) is 2. The Labute approximate surface area is 108 Å². The molecule has 2 heterocycles. The molecule has 3 aromatic rings. The molecular weight excluding hydrogens is 242 g/mol. The molecule has 5 nitrogen and oxygen atoms in total. The van der Waals surface area contributed by atoms with Gasteiger partial charge < -0.3 is 10.1 Å². The number of rotatable bonds is 2. The highest BCUT2D eigenvalue weighted by atomic mass is 16.4. The van der Waals surface area contributed by atoms with Gasteiger partial charge in [0.15, 0.2) is 0 Å². The van der Waals surface area contributed by atoms with Crippen LogP contribution in [0, 0.1) is 6.92 Å². The number of aromatic amines is 1. The standard InChI is InChI=1S/C14H11N3O2/c1-8-2-3-9-5-12(16-11(9)4-8)13-6-10(14(18)19)7-15-17-13/h2-7,16H,1H3,(H,18,19). The summed E-state index contributed by atoms with van der Waals surface area (Å²) in [6.45, 7) is 2.02. The fourth-order valence-electron chi connectivity index (χ4n) is 1.99. The van der Waals surface area contributed by atoms with Gasteiger partial charge in [-0.3, -0.25) is 0 Å². The van der Waals surface area contributed by atoms with Crippen molar-refractivity contribution in [3.63, 3.8) is 0 Å². The largest absolute Gasteiger partial charge is 0.478 e. The number of H-pyrrole nitrogens is 1. The van der Waals surface area contributed by atoms with Gasteiger partial charge in [-0.25, -0.2) is 4.79 Å². The molecule has 0 radical (unpaired) electrons. The summed E-state index contributed by atoms with van der Waals surface area (Å²) in [5.74, 6) is -1.01. The number of nitrogens with zero attached hydrogens (tertiary/aromatic N) is 2. The van der Waals surface area contributed by atoms with E-state index >= 15 is 0 Å². The minimum Gasteiger partial charge on any atom is -0.478 e. The van der Waals surface area contributed by atoms with Crippen LogP contribution < -0.4 is 0 Å². The number of carboxylic acids is 1. The first-order chi connectivity index (χ1) is 9.13. The summed E-state index contributed by atoms with van der Waals surface area (Å²) in [6.07, 6.45) is 1.23. The number of nitrogens with one attached hydrogen (secondary N) is 1. The molecule has 2 N–H and O–H groups in total. The van der Waals surface area contributed by atoms with Crippen molar-refractivity contribution in [1.29, 1.82) is 0 Å². The lowest BCUT2D eigenvalue weighted by Crippen LogP contribution is -1.99. The summed E-state index contributed by atoms with van der Waals surface area (Å²) in [4.78, 5) is 14.1. The molecule has 0 saturated heterocycles. The van der Waals surface area contributed by atoms with Crippen molar-refractivity contribution in [2.75, 3.05) is 0 Å². The first-order valence-corrected chi connectivity index (χ1v) is 5.79. The number of carboxylic acid groups (broad SMARTS) is 1. The fourth-order valence-corrected chi connectivity index (χ4v) is 1.99. The molecule has 2 aromatic heterocycles. The van der Waals surface area contributed by atoms with Crippen LogP contribution in [0.1, 0.15) is 15.9 Å². The van der Waals surface area contributed by atoms with Gasteiger partial charge in [0.2, 0.25) is 0 Å². The molecule has 0 bridgehead atoms. The smallest absolute Gasteiger partial charge is 0.337 e. The van der Waals surface area contributed by atoms with Crippen LogP contribution in [0.5, 0.6) is 0 Å². The quantitative estimate of drug-likeness (QED) is 0.735. The van der Waals surface area contributed by atoms with Crippen LogP contribution in [0.3, 0.4) is 0 Å². The van der Waals surface area contributed by atoms with Crippen molar-refractivity contribution < 1.29 is 9.90 Å². The van der Waals surface area contributed by atoms with Crippen LogP contribution in [-0.2, 0) is 0 Å². The third-order valence-electron chi connectivity index (χ3n) is 2.96. The van der Waals surface area contributed by atoms with Crippen molar-refractivity contribution in [1.82, 2.24) is 15.2 Å². The normalized spacial score (nSPS) is 10.8. The van der Waals surface area contributed by atoms with E-state index in [4.69, 9.17) is 5.11 Å². The Morgan fingerprint density at radius 3 is 2.89 bits per heavy atom. The average molecular weight is 253 g/mol. The highest BCUT2D eigenvalue weighted by Crippen LogP contribution is 2.23. The monoisotopic (exact) mass is 253 g/mol. The Balaban J connectivity index is 2.13. The second-order valence-electron chi connectivity index (χ2n) is 4.41. The summed E-state index contributed by atoms with van der Waals surface area (Å²) in [6, 6.07) is 9.52. The molecular formula is C14H11N3O2. The Bertz CT molecular complexity index is 777. The van der Waals surface area contributed by atoms with Crippen LogP contribution in [0.15, 0.2) is 36.5 Å². The number of hydrogen-bond acceptors (Lipinski definition) is 3. The number of carbonyl (C=O) groups is 1. The number of benzene rings is 1. The van der Waals surface area contributed by atoms with E-state index in [1.54, 1.807) is 0 Å². The topological polar surface area (TPSA) is 78.9 Å². The van der Waals surface area contributed by atoms with Crippen molar-refractivity contribution in [3.05, 3.63) is 47.7 Å². The van der Waals surface area contributed by atoms with Gasteiger partial charge in [-0.1, -0.05) is 12.1 Å².